The highest BCUT2D eigenvalue weighted by molar-refractivity contribution is 7.15. The molecule has 1 amide bonds. The lowest BCUT2D eigenvalue weighted by Crippen LogP contribution is -2.23. The summed E-state index contributed by atoms with van der Waals surface area (Å²) in [6.45, 7) is 2.19. The zero-order valence-corrected chi connectivity index (χ0v) is 17.6. The van der Waals surface area contributed by atoms with Crippen LogP contribution in [-0.2, 0) is 11.3 Å². The maximum Gasteiger partial charge on any atom is 0.261 e. The monoisotopic (exact) mass is 429 g/mol. The second kappa shape index (κ2) is 7.81. The summed E-state index contributed by atoms with van der Waals surface area (Å²) < 4.78 is 3.47. The van der Waals surface area contributed by atoms with Crippen LogP contribution in [0.5, 0.6) is 0 Å². The second-order valence-electron chi connectivity index (χ2n) is 7.31. The predicted octanol–water partition coefficient (Wildman–Crippen LogP) is 4.11. The van der Waals surface area contributed by atoms with Crippen molar-refractivity contribution >= 4 is 38.8 Å². The first-order valence-corrected chi connectivity index (χ1v) is 10.7. The van der Waals surface area contributed by atoms with Crippen LogP contribution in [0.15, 0.2) is 71.4 Å². The van der Waals surface area contributed by atoms with Crippen molar-refractivity contribution in [3.63, 3.8) is 0 Å². The number of carbonyl (C=O) groups is 1. The topological polar surface area (TPSA) is 81.3 Å². The molecule has 0 aliphatic rings. The summed E-state index contributed by atoms with van der Waals surface area (Å²) in [4.78, 5) is 35.0. The molecule has 5 rings (SSSR count). The van der Waals surface area contributed by atoms with Gasteiger partial charge in [-0.3, -0.25) is 18.6 Å². The van der Waals surface area contributed by atoms with E-state index in [9.17, 15) is 9.59 Å². The average molecular weight is 430 g/mol. The van der Waals surface area contributed by atoms with Gasteiger partial charge in [0, 0.05) is 42.0 Å². The molecule has 1 N–H and O–H groups in total. The molecule has 0 aliphatic carbocycles. The van der Waals surface area contributed by atoms with Gasteiger partial charge in [0.1, 0.15) is 0 Å². The minimum Gasteiger partial charge on any atom is -0.326 e. The minimum atomic E-state index is -0.161. The van der Waals surface area contributed by atoms with Crippen LogP contribution in [-0.4, -0.2) is 24.8 Å². The van der Waals surface area contributed by atoms with E-state index < -0.39 is 0 Å². The number of hydrogen-bond acceptors (Lipinski definition) is 5. The zero-order chi connectivity index (χ0) is 21.4. The minimum absolute atomic E-state index is 0.133. The molecule has 154 valence electrons. The van der Waals surface area contributed by atoms with Crippen LogP contribution in [0.2, 0.25) is 0 Å². The lowest BCUT2D eigenvalue weighted by Gasteiger charge is -2.09. The maximum absolute atomic E-state index is 12.7. The molecule has 0 saturated carbocycles. The molecule has 8 heteroatoms. The molecule has 0 aliphatic heterocycles. The first-order chi connectivity index (χ1) is 15.1. The standard InChI is InChI=1S/C23H19N5O2S/c1-15-3-2-4-18-21(15)24-14-28(22(18)30)10-9-20(29)25-17-7-5-16(6-8-17)19-13-27-11-12-31-23(27)26-19/h2-8,11-14H,9-10H2,1H3,(H,25,29). The molecule has 31 heavy (non-hydrogen) atoms. The van der Waals surface area contributed by atoms with Crippen molar-refractivity contribution in [2.45, 2.75) is 19.9 Å². The predicted molar refractivity (Wildman–Crippen MR) is 122 cm³/mol. The Bertz CT molecular complexity index is 1430. The molecular formula is C23H19N5O2S. The van der Waals surface area contributed by atoms with Crippen molar-refractivity contribution < 1.29 is 4.79 Å². The van der Waals surface area contributed by atoms with E-state index in [0.717, 1.165) is 21.8 Å². The van der Waals surface area contributed by atoms with Crippen LogP contribution >= 0.6 is 11.3 Å². The Labute approximate surface area is 181 Å². The number of rotatable bonds is 5. The second-order valence-corrected chi connectivity index (χ2v) is 8.18. The summed E-state index contributed by atoms with van der Waals surface area (Å²) in [5.41, 5.74) is 4.10. The van der Waals surface area contributed by atoms with Gasteiger partial charge >= 0.3 is 0 Å². The number of amides is 1. The van der Waals surface area contributed by atoms with Gasteiger partial charge in [0.05, 0.1) is 22.9 Å². The van der Waals surface area contributed by atoms with Gasteiger partial charge in [-0.15, -0.1) is 11.3 Å². The average Bonchev–Trinajstić information content (AvgIpc) is 3.37. The summed E-state index contributed by atoms with van der Waals surface area (Å²) in [5, 5.41) is 5.44. The van der Waals surface area contributed by atoms with Crippen molar-refractivity contribution in [3.8, 4) is 11.3 Å². The molecule has 0 unspecified atom stereocenters. The summed E-state index contributed by atoms with van der Waals surface area (Å²) >= 11 is 1.59. The fraction of sp³-hybridized carbons (Fsp3) is 0.130. The highest BCUT2D eigenvalue weighted by Gasteiger charge is 2.09. The van der Waals surface area contributed by atoms with E-state index in [1.807, 2.05) is 65.5 Å². The number of imidazole rings is 1. The molecular weight excluding hydrogens is 410 g/mol. The van der Waals surface area contributed by atoms with E-state index in [2.05, 4.69) is 15.3 Å². The van der Waals surface area contributed by atoms with Gasteiger partial charge in [-0.05, 0) is 30.7 Å². The van der Waals surface area contributed by atoms with Crippen LogP contribution in [0, 0.1) is 6.92 Å². The maximum atomic E-state index is 12.7. The van der Waals surface area contributed by atoms with Gasteiger partial charge in [-0.2, -0.15) is 0 Å². The summed E-state index contributed by atoms with van der Waals surface area (Å²) in [7, 11) is 0. The van der Waals surface area contributed by atoms with Gasteiger partial charge < -0.3 is 5.32 Å². The van der Waals surface area contributed by atoms with Crippen molar-refractivity contribution in [3.05, 3.63) is 82.5 Å². The van der Waals surface area contributed by atoms with Crippen LogP contribution in [0.1, 0.15) is 12.0 Å². The number of aromatic nitrogens is 4. The SMILES string of the molecule is Cc1cccc2c(=O)n(CCC(=O)Nc3ccc(-c4cn5ccsc5n4)cc3)cnc12. The third-order valence-corrected chi connectivity index (χ3v) is 5.96. The lowest BCUT2D eigenvalue weighted by molar-refractivity contribution is -0.116. The van der Waals surface area contributed by atoms with Crippen LogP contribution in [0.3, 0.4) is 0 Å². The Balaban J connectivity index is 1.24. The molecule has 0 saturated heterocycles. The number of hydrogen-bond donors (Lipinski definition) is 1. The highest BCUT2D eigenvalue weighted by Crippen LogP contribution is 2.23. The Morgan fingerprint density at radius 3 is 2.81 bits per heavy atom. The number of anilines is 1. The third-order valence-electron chi connectivity index (χ3n) is 5.19. The van der Waals surface area contributed by atoms with Gasteiger partial charge in [0.25, 0.3) is 5.56 Å². The summed E-state index contributed by atoms with van der Waals surface area (Å²) in [6, 6.07) is 13.1. The number of aryl methyl sites for hydroxylation is 2. The highest BCUT2D eigenvalue weighted by atomic mass is 32.1. The van der Waals surface area contributed by atoms with E-state index in [1.54, 1.807) is 17.4 Å². The molecule has 0 spiro atoms. The Hall–Kier alpha value is -3.78. The number of thiazole rings is 1. The molecule has 3 aromatic heterocycles. The third kappa shape index (κ3) is 3.73. The zero-order valence-electron chi connectivity index (χ0n) is 16.8. The van der Waals surface area contributed by atoms with E-state index in [1.165, 1.54) is 10.9 Å². The fourth-order valence-electron chi connectivity index (χ4n) is 3.53. The largest absolute Gasteiger partial charge is 0.326 e. The van der Waals surface area contributed by atoms with E-state index >= 15 is 0 Å². The summed E-state index contributed by atoms with van der Waals surface area (Å²) in [6.07, 6.45) is 5.65. The van der Waals surface area contributed by atoms with Crippen LogP contribution < -0.4 is 10.9 Å². The number of benzene rings is 2. The molecule has 0 bridgehead atoms. The number of para-hydroxylation sites is 1. The summed E-state index contributed by atoms with van der Waals surface area (Å²) in [5.74, 6) is -0.161. The molecule has 3 heterocycles. The van der Waals surface area contributed by atoms with Crippen LogP contribution in [0.4, 0.5) is 5.69 Å². The quantitative estimate of drug-likeness (QED) is 0.456. The van der Waals surface area contributed by atoms with Crippen molar-refractivity contribution in [2.75, 3.05) is 5.32 Å². The van der Waals surface area contributed by atoms with Gasteiger partial charge in [-0.1, -0.05) is 24.3 Å². The van der Waals surface area contributed by atoms with Gasteiger partial charge in [0.15, 0.2) is 4.96 Å². The van der Waals surface area contributed by atoms with Gasteiger partial charge in [0.2, 0.25) is 5.91 Å². The number of fused-ring (bicyclic) bond motifs is 2. The fourth-order valence-corrected chi connectivity index (χ4v) is 4.23. The molecule has 7 nitrogen and oxygen atoms in total. The number of carbonyl (C=O) groups excluding carboxylic acids is 1. The smallest absolute Gasteiger partial charge is 0.261 e. The first kappa shape index (κ1) is 19.2. The molecule has 0 radical (unpaired) electrons. The number of nitrogens with one attached hydrogen (secondary N) is 1. The molecule has 5 aromatic rings. The van der Waals surface area contributed by atoms with Gasteiger partial charge in [-0.25, -0.2) is 9.97 Å². The van der Waals surface area contributed by atoms with E-state index in [0.29, 0.717) is 16.6 Å². The Morgan fingerprint density at radius 1 is 1.16 bits per heavy atom. The molecule has 0 fully saturated rings. The van der Waals surface area contributed by atoms with Crippen LogP contribution in [0.25, 0.3) is 27.1 Å². The molecule has 0 atom stereocenters. The molecule has 2 aromatic carbocycles. The van der Waals surface area contributed by atoms with Crippen molar-refractivity contribution in [1.82, 2.24) is 18.9 Å². The normalized spacial score (nSPS) is 11.3. The van der Waals surface area contributed by atoms with E-state index in [4.69, 9.17) is 0 Å². The van der Waals surface area contributed by atoms with Crippen molar-refractivity contribution in [1.29, 1.82) is 0 Å². The number of nitrogens with zero attached hydrogens (tertiary/aromatic N) is 4. The Morgan fingerprint density at radius 2 is 2.00 bits per heavy atom. The van der Waals surface area contributed by atoms with E-state index in [-0.39, 0.29) is 24.4 Å². The first-order valence-electron chi connectivity index (χ1n) is 9.86. The Kier molecular flexibility index (Phi) is 4.83. The van der Waals surface area contributed by atoms with Crippen molar-refractivity contribution in [2.24, 2.45) is 0 Å². The lowest BCUT2D eigenvalue weighted by atomic mass is 10.1.